The summed E-state index contributed by atoms with van der Waals surface area (Å²) in [5, 5.41) is 12.0. The van der Waals surface area contributed by atoms with Crippen molar-refractivity contribution in [1.82, 2.24) is 4.90 Å². The van der Waals surface area contributed by atoms with Gasteiger partial charge in [-0.3, -0.25) is 0 Å². The van der Waals surface area contributed by atoms with Crippen molar-refractivity contribution in [2.75, 3.05) is 12.4 Å². The Morgan fingerprint density at radius 2 is 1.84 bits per heavy atom. The second kappa shape index (κ2) is 6.58. The van der Waals surface area contributed by atoms with Crippen LogP contribution in [0.1, 0.15) is 6.92 Å². The lowest BCUT2D eigenvalue weighted by molar-refractivity contribution is -0.141. The van der Waals surface area contributed by atoms with Gasteiger partial charge in [0.15, 0.2) is 0 Å². The number of rotatable bonds is 3. The molecule has 1 aromatic rings. The molecule has 0 spiro atoms. The zero-order valence-corrected chi connectivity index (χ0v) is 14.0. The average Bonchev–Trinajstić information content (AvgIpc) is 2.31. The number of benzene rings is 1. The Kier molecular flexibility index (Phi) is 5.64. The van der Waals surface area contributed by atoms with E-state index in [-0.39, 0.29) is 0 Å². The van der Waals surface area contributed by atoms with Crippen molar-refractivity contribution in [2.45, 2.75) is 13.0 Å². The van der Waals surface area contributed by atoms with E-state index in [1.165, 1.54) is 14.0 Å². The first-order valence-corrected chi connectivity index (χ1v) is 7.11. The lowest BCUT2D eigenvalue weighted by Gasteiger charge is -2.22. The lowest BCUT2D eigenvalue weighted by Crippen LogP contribution is -2.42. The van der Waals surface area contributed by atoms with Crippen LogP contribution in [-0.4, -0.2) is 35.1 Å². The van der Waals surface area contributed by atoms with Crippen LogP contribution in [0.25, 0.3) is 0 Å². The average molecular weight is 414 g/mol. The van der Waals surface area contributed by atoms with Crippen LogP contribution < -0.4 is 5.32 Å². The molecule has 0 aliphatic carbocycles. The number of carboxylic acids is 1. The Morgan fingerprint density at radius 1 is 1.37 bits per heavy atom. The number of nitrogens with zero attached hydrogens (tertiary/aromatic N) is 1. The van der Waals surface area contributed by atoms with E-state index in [0.717, 1.165) is 4.90 Å². The fourth-order valence-electron chi connectivity index (χ4n) is 1.20. The molecular formula is C11H11Br2ClN2O3. The molecule has 2 N–H and O–H groups in total. The highest BCUT2D eigenvalue weighted by molar-refractivity contribution is 9.11. The van der Waals surface area contributed by atoms with E-state index in [1.807, 2.05) is 0 Å². The molecule has 5 nitrogen and oxygen atoms in total. The van der Waals surface area contributed by atoms with Crippen LogP contribution in [0.15, 0.2) is 21.1 Å². The number of amides is 2. The molecular weight excluding hydrogens is 403 g/mol. The number of carbonyl (C=O) groups excluding carboxylic acids is 1. The van der Waals surface area contributed by atoms with Gasteiger partial charge in [0.05, 0.1) is 5.69 Å². The summed E-state index contributed by atoms with van der Waals surface area (Å²) >= 11 is 12.4. The number of hydrogen-bond donors (Lipinski definition) is 2. The molecule has 0 saturated carbocycles. The molecule has 2 amide bonds. The third kappa shape index (κ3) is 4.09. The summed E-state index contributed by atoms with van der Waals surface area (Å²) < 4.78 is 1.19. The number of carbonyl (C=O) groups is 2. The van der Waals surface area contributed by atoms with E-state index in [4.69, 9.17) is 16.7 Å². The number of anilines is 1. The van der Waals surface area contributed by atoms with Gasteiger partial charge >= 0.3 is 12.0 Å². The maximum Gasteiger partial charge on any atom is 0.326 e. The molecule has 19 heavy (non-hydrogen) atoms. The Hall–Kier alpha value is -0.790. The number of urea groups is 1. The van der Waals surface area contributed by atoms with Crippen LogP contribution in [0.4, 0.5) is 10.5 Å². The molecule has 0 saturated heterocycles. The molecule has 0 radical (unpaired) electrons. The maximum atomic E-state index is 11.9. The number of hydrogen-bond acceptors (Lipinski definition) is 2. The molecule has 1 aromatic carbocycles. The molecule has 104 valence electrons. The molecule has 0 aliphatic rings. The Bertz CT molecular complexity index is 502. The van der Waals surface area contributed by atoms with Gasteiger partial charge in [-0.1, -0.05) is 11.6 Å². The van der Waals surface area contributed by atoms with E-state index in [1.54, 1.807) is 12.1 Å². The van der Waals surface area contributed by atoms with Gasteiger partial charge in [-0.05, 0) is 50.9 Å². The fourth-order valence-corrected chi connectivity index (χ4v) is 3.06. The zero-order chi connectivity index (χ0) is 14.7. The first kappa shape index (κ1) is 16.3. The SMILES string of the molecule is CC(C(=O)O)N(C)C(=O)Nc1c(Br)cc(Cl)cc1Br. The largest absolute Gasteiger partial charge is 0.480 e. The Morgan fingerprint density at radius 3 is 2.26 bits per heavy atom. The fraction of sp³-hybridized carbons (Fsp3) is 0.273. The van der Waals surface area contributed by atoms with Crippen molar-refractivity contribution in [3.05, 3.63) is 26.1 Å². The van der Waals surface area contributed by atoms with E-state index in [2.05, 4.69) is 37.2 Å². The molecule has 1 unspecified atom stereocenters. The maximum absolute atomic E-state index is 11.9. The third-order valence-electron chi connectivity index (χ3n) is 2.50. The number of aliphatic carboxylic acids is 1. The van der Waals surface area contributed by atoms with Gasteiger partial charge in [-0.2, -0.15) is 0 Å². The molecule has 0 aliphatic heterocycles. The van der Waals surface area contributed by atoms with Crippen molar-refractivity contribution in [2.24, 2.45) is 0 Å². The molecule has 0 fully saturated rings. The smallest absolute Gasteiger partial charge is 0.326 e. The van der Waals surface area contributed by atoms with Gasteiger partial charge in [-0.15, -0.1) is 0 Å². The van der Waals surface area contributed by atoms with Gasteiger partial charge in [0.1, 0.15) is 6.04 Å². The van der Waals surface area contributed by atoms with Gasteiger partial charge < -0.3 is 15.3 Å². The van der Waals surface area contributed by atoms with Gasteiger partial charge in [0, 0.05) is 21.0 Å². The monoisotopic (exact) mass is 412 g/mol. The summed E-state index contributed by atoms with van der Waals surface area (Å²) in [5.74, 6) is -1.08. The minimum Gasteiger partial charge on any atom is -0.480 e. The Balaban J connectivity index is 2.92. The highest BCUT2D eigenvalue weighted by Crippen LogP contribution is 2.34. The number of carboxylic acid groups (broad SMARTS) is 1. The quantitative estimate of drug-likeness (QED) is 0.790. The zero-order valence-electron chi connectivity index (χ0n) is 10.1. The second-order valence-corrected chi connectivity index (χ2v) is 5.94. The van der Waals surface area contributed by atoms with Gasteiger partial charge in [-0.25, -0.2) is 9.59 Å². The molecule has 0 bridgehead atoms. The normalized spacial score (nSPS) is 11.8. The van der Waals surface area contributed by atoms with Crippen LogP contribution in [0.3, 0.4) is 0 Å². The summed E-state index contributed by atoms with van der Waals surface area (Å²) in [5.41, 5.74) is 0.485. The summed E-state index contributed by atoms with van der Waals surface area (Å²) in [4.78, 5) is 23.8. The van der Waals surface area contributed by atoms with Crippen LogP contribution in [0.2, 0.25) is 5.02 Å². The lowest BCUT2D eigenvalue weighted by atomic mass is 10.3. The number of likely N-dealkylation sites (N-methyl/N-ethyl adjacent to an activating group) is 1. The molecule has 0 aromatic heterocycles. The van der Waals surface area contributed by atoms with E-state index < -0.39 is 18.0 Å². The van der Waals surface area contributed by atoms with Crippen LogP contribution in [-0.2, 0) is 4.79 Å². The molecule has 8 heteroatoms. The summed E-state index contributed by atoms with van der Waals surface area (Å²) in [6.45, 7) is 1.42. The summed E-state index contributed by atoms with van der Waals surface area (Å²) in [6.07, 6.45) is 0. The van der Waals surface area contributed by atoms with Crippen molar-refractivity contribution in [3.8, 4) is 0 Å². The minimum atomic E-state index is -1.08. The van der Waals surface area contributed by atoms with E-state index in [0.29, 0.717) is 19.7 Å². The highest BCUT2D eigenvalue weighted by atomic mass is 79.9. The summed E-state index contributed by atoms with van der Waals surface area (Å²) in [6, 6.07) is 1.80. The minimum absolute atomic E-state index is 0.485. The third-order valence-corrected chi connectivity index (χ3v) is 3.97. The Labute approximate surface area is 132 Å². The van der Waals surface area contributed by atoms with Crippen molar-refractivity contribution in [1.29, 1.82) is 0 Å². The van der Waals surface area contributed by atoms with Crippen LogP contribution in [0, 0.1) is 0 Å². The topological polar surface area (TPSA) is 69.6 Å². The van der Waals surface area contributed by atoms with Crippen LogP contribution in [0.5, 0.6) is 0 Å². The van der Waals surface area contributed by atoms with Crippen molar-refractivity contribution in [3.63, 3.8) is 0 Å². The van der Waals surface area contributed by atoms with E-state index in [9.17, 15) is 9.59 Å². The molecule has 1 atom stereocenters. The first-order valence-electron chi connectivity index (χ1n) is 5.15. The van der Waals surface area contributed by atoms with Gasteiger partial charge in [0.2, 0.25) is 0 Å². The first-order chi connectivity index (χ1) is 8.73. The number of nitrogens with one attached hydrogen (secondary N) is 1. The summed E-state index contributed by atoms with van der Waals surface area (Å²) in [7, 11) is 1.41. The number of halogens is 3. The molecule has 0 heterocycles. The predicted molar refractivity (Wildman–Crippen MR) is 80.7 cm³/mol. The predicted octanol–water partition coefficient (Wildman–Crippen LogP) is 3.80. The van der Waals surface area contributed by atoms with Crippen molar-refractivity contribution < 1.29 is 14.7 Å². The standard InChI is InChI=1S/C11H11Br2ClN2O3/c1-5(10(17)18)16(2)11(19)15-9-7(12)3-6(14)4-8(9)13/h3-5H,1-2H3,(H,15,19)(H,17,18). The van der Waals surface area contributed by atoms with Crippen molar-refractivity contribution >= 4 is 61.1 Å². The second-order valence-electron chi connectivity index (χ2n) is 3.80. The highest BCUT2D eigenvalue weighted by Gasteiger charge is 2.22. The van der Waals surface area contributed by atoms with Crippen LogP contribution >= 0.6 is 43.5 Å². The van der Waals surface area contributed by atoms with E-state index >= 15 is 0 Å². The molecule has 1 rings (SSSR count). The van der Waals surface area contributed by atoms with Gasteiger partial charge in [0.25, 0.3) is 0 Å².